The number of aromatic nitrogens is 5. The van der Waals surface area contributed by atoms with E-state index in [2.05, 4.69) is 419 Å². The molecule has 0 fully saturated rings. The third-order valence-corrected chi connectivity index (χ3v) is 64.7. The minimum absolute atomic E-state index is 0. The minimum atomic E-state index is -3.59. The van der Waals surface area contributed by atoms with Gasteiger partial charge in [0.05, 0.1) is 0 Å². The van der Waals surface area contributed by atoms with Crippen LogP contribution in [0.15, 0.2) is 407 Å². The summed E-state index contributed by atoms with van der Waals surface area (Å²) in [5, 5.41) is 5.25. The summed E-state index contributed by atoms with van der Waals surface area (Å²) in [6.45, 7) is 0.925. The molecular weight excluding hydrogens is 1960 g/mol. The third-order valence-electron chi connectivity index (χ3n) is 24.3. The second-order valence-electron chi connectivity index (χ2n) is 29.3. The predicted molar refractivity (Wildman–Crippen MR) is 464 cm³/mol. The number of para-hydroxylation sites is 6. The molecule has 0 bridgehead atoms. The number of rotatable bonds is 8. The number of nitrogens with zero attached hydrogens (tertiary/aromatic N) is 6. The number of pyridine rings is 3. The summed E-state index contributed by atoms with van der Waals surface area (Å²) in [4.78, 5) is 12.7. The quantitative estimate of drug-likeness (QED) is 0.0865. The van der Waals surface area contributed by atoms with Gasteiger partial charge in [-0.05, 0) is 0 Å². The van der Waals surface area contributed by atoms with Crippen LogP contribution in [0.25, 0.3) is 55.2 Å². The molecule has 12 heteroatoms. The summed E-state index contributed by atoms with van der Waals surface area (Å²) in [5.41, 5.74) is 10.5. The van der Waals surface area contributed by atoms with Gasteiger partial charge in [-0.1, -0.05) is 0 Å². The zero-order valence-electron chi connectivity index (χ0n) is 60.7. The topological polar surface area (TPSA) is 42.8 Å². The molecule has 0 amide bonds. The zero-order valence-corrected chi connectivity index (χ0v) is 73.9. The van der Waals surface area contributed by atoms with Gasteiger partial charge < -0.3 is 0 Å². The van der Waals surface area contributed by atoms with Crippen molar-refractivity contribution < 1.29 is 44.8 Å². The van der Waals surface area contributed by atoms with Crippen LogP contribution in [-0.2, 0) is 46.8 Å². The van der Waals surface area contributed by atoms with Gasteiger partial charge >= 0.3 is 655 Å². The Hall–Kier alpha value is -10.6. The molecule has 0 atom stereocenters. The van der Waals surface area contributed by atoms with Crippen LogP contribution in [0.4, 0.5) is 17.2 Å². The van der Waals surface area contributed by atoms with Crippen molar-refractivity contribution in [2.45, 2.75) is 6.54 Å². The van der Waals surface area contributed by atoms with E-state index in [9.17, 15) is 0 Å². The molecule has 10 heterocycles. The Bertz CT molecular complexity index is 6530. The van der Waals surface area contributed by atoms with Gasteiger partial charge in [0.15, 0.2) is 0 Å². The van der Waals surface area contributed by atoms with Crippen LogP contribution < -0.4 is 79.8 Å². The van der Waals surface area contributed by atoms with Crippen molar-refractivity contribution in [1.29, 1.82) is 0 Å². The van der Waals surface area contributed by atoms with Crippen molar-refractivity contribution in [3.8, 4) is 11.5 Å². The number of anilines is 3. The molecule has 14 aromatic carbocycles. The van der Waals surface area contributed by atoms with Gasteiger partial charge in [-0.25, -0.2) is 0 Å². The molecule has 0 N–H and O–H groups in total. The SMILES string of the molecule is [Ir].[Ir].[c-]1ccc[c]2c1N1c3nccc[c]3[Ge]([c]3ccccc3)([c]3ccccc3)[c]3ccc[c](c31)[Ge]2([c]1ccccc1)[c]1ccccc1.[c-]1cccc2c3ccc[c]4c3n(c12)-c1nccc[c]1[Ge]4([c]1ccccc1)[c]1ccccc1.c1cc[c]([Ge]2([c]3ccccc3)[c]3cccc4c3-n3c5[c]2cccc5c2ccc[n+](c23)C4)cc1. The van der Waals surface area contributed by atoms with Crippen molar-refractivity contribution in [2.75, 3.05) is 4.90 Å². The van der Waals surface area contributed by atoms with E-state index >= 15 is 0 Å². The van der Waals surface area contributed by atoms with E-state index in [0.29, 0.717) is 0 Å². The molecule has 0 aliphatic carbocycles. The van der Waals surface area contributed by atoms with Crippen LogP contribution in [0.3, 0.4) is 0 Å². The summed E-state index contributed by atoms with van der Waals surface area (Å²) >= 11 is -13.7. The van der Waals surface area contributed by atoms with E-state index in [0.717, 1.165) is 29.4 Å². The van der Waals surface area contributed by atoms with Gasteiger partial charge in [0.25, 0.3) is 0 Å². The van der Waals surface area contributed by atoms with Gasteiger partial charge in [-0.15, -0.1) is 0 Å². The normalized spacial score (nSPS) is 14.3. The fraction of sp³-hybridized carbons (Fsp3) is 0.0100. The van der Waals surface area contributed by atoms with E-state index in [1.54, 1.807) is 8.79 Å². The Kier molecular flexibility index (Phi) is 17.8. The number of fused-ring (bicyclic) bond motifs is 10. The predicted octanol–water partition coefficient (Wildman–Crippen LogP) is 10.5. The van der Waals surface area contributed by atoms with Crippen LogP contribution >= 0.6 is 0 Å². The van der Waals surface area contributed by atoms with E-state index in [1.807, 2.05) is 18.5 Å². The van der Waals surface area contributed by atoms with Crippen LogP contribution in [0, 0.1) is 12.1 Å². The fourth-order valence-electron chi connectivity index (χ4n) is 20.3. The third kappa shape index (κ3) is 9.93. The summed E-state index contributed by atoms with van der Waals surface area (Å²) in [6.07, 6.45) is 6.13. The second-order valence-corrected chi connectivity index (χ2v) is 60.7. The van der Waals surface area contributed by atoms with Crippen molar-refractivity contribution >= 4 is 184 Å². The van der Waals surface area contributed by atoms with E-state index < -0.39 is 53.1 Å². The van der Waals surface area contributed by atoms with Gasteiger partial charge in [0.2, 0.25) is 0 Å². The van der Waals surface area contributed by atoms with Crippen LogP contribution in [0.1, 0.15) is 5.56 Å². The maximum absolute atomic E-state index is 5.26. The van der Waals surface area contributed by atoms with Crippen molar-refractivity contribution in [3.63, 3.8) is 0 Å². The van der Waals surface area contributed by atoms with Gasteiger partial charge in [0.1, 0.15) is 0 Å². The molecule has 534 valence electrons. The van der Waals surface area contributed by atoms with E-state index in [-0.39, 0.29) is 40.2 Å². The Morgan fingerprint density at radius 2 is 0.625 bits per heavy atom. The first-order valence-corrected chi connectivity index (χ1v) is 54.8. The molecule has 5 aromatic heterocycles. The Morgan fingerprint density at radius 3 is 1.12 bits per heavy atom. The number of hydrogen-bond acceptors (Lipinski definition) is 3. The van der Waals surface area contributed by atoms with Gasteiger partial charge in [-0.3, -0.25) is 0 Å². The van der Waals surface area contributed by atoms with Crippen molar-refractivity contribution in [1.82, 2.24) is 19.1 Å². The van der Waals surface area contributed by atoms with Gasteiger partial charge in [0, 0.05) is 40.2 Å². The molecule has 24 rings (SSSR count). The van der Waals surface area contributed by atoms with E-state index in [1.165, 1.54) is 117 Å². The Morgan fingerprint density at radius 1 is 0.277 bits per heavy atom. The first-order chi connectivity index (χ1) is 54.6. The second kappa shape index (κ2) is 28.2. The Balaban J connectivity index is 0.000000111. The first kappa shape index (κ1) is 70.5. The Labute approximate surface area is 688 Å². The molecule has 6 nitrogen and oxygen atoms in total. The first-order valence-electron chi connectivity index (χ1n) is 38.0. The molecule has 112 heavy (non-hydrogen) atoms. The molecule has 0 unspecified atom stereocenters. The molecule has 19 aromatic rings. The van der Waals surface area contributed by atoms with Crippen molar-refractivity contribution in [3.05, 3.63) is 425 Å². The molecule has 2 radical (unpaired) electrons. The van der Waals surface area contributed by atoms with Crippen LogP contribution in [0.5, 0.6) is 0 Å². The molecule has 0 saturated carbocycles. The molecule has 5 aliphatic rings. The monoisotopic (exact) mass is 2040 g/mol. The zero-order chi connectivity index (χ0) is 72.5. The average molecular weight is 2030 g/mol. The summed E-state index contributed by atoms with van der Waals surface area (Å²) in [5.74, 6) is 2.10. The fourth-order valence-corrected chi connectivity index (χ4v) is 63.6. The molecular formula is C100H69Ge4Ir2N6-. The van der Waals surface area contributed by atoms with Crippen molar-refractivity contribution in [2.24, 2.45) is 0 Å². The van der Waals surface area contributed by atoms with Crippen LogP contribution in [-0.4, -0.2) is 72.2 Å². The summed E-state index contributed by atoms with van der Waals surface area (Å²) in [6, 6.07) is 152. The average Bonchev–Trinajstić information content (AvgIpc) is 1.03. The standard InChI is InChI=1S/C41H29Ge2N2.C30H21GeN2.C29H19GeN2.2Ir/c1-5-17-31(18-6-1)42(32-19-7-2-8-20-32)35-25-13-14-29-39(35)45-40-36(42)26-15-27-37(40)43(33-21-9-3-10-22-33,34-23-11-4-12-24-34)38-28-16-30-44-41(38)45;1-3-11-22(12-4-1)31(23-13-5-2-6-14-23)26-17-7-10-21-20-32-19-9-16-25-24-15-8-18-27(31)29(24)33(28(21)26)30(25)32;1-3-11-21(12-4-1)30(22-13-5-2-6-14-22)25-17-9-16-24-23-15-7-8-19-27(23)32(28(24)25)29-26(30)18-10-20-31-29;;/h1-28,30H;1-19H,20H2;1-18,20H;;/q-1;+1;-1;;. The maximum atomic E-state index is 5.26. The van der Waals surface area contributed by atoms with E-state index in [4.69, 9.17) is 9.97 Å². The number of hydrogen-bond donors (Lipinski definition) is 0. The summed E-state index contributed by atoms with van der Waals surface area (Å²) in [7, 11) is 0. The molecule has 0 saturated heterocycles. The molecule has 5 aliphatic heterocycles. The van der Waals surface area contributed by atoms with Gasteiger partial charge in [-0.2, -0.15) is 0 Å². The number of benzene rings is 14. The summed E-state index contributed by atoms with van der Waals surface area (Å²) < 4.78 is 30.6. The van der Waals surface area contributed by atoms with Crippen LogP contribution in [0.2, 0.25) is 0 Å². The molecule has 0 spiro atoms.